The molecular weight excluding hydrogens is 150 g/mol. The molecule has 0 aromatic carbocycles. The molecule has 0 aromatic heterocycles. The zero-order chi connectivity index (χ0) is 7.40. The van der Waals surface area contributed by atoms with Crippen LogP contribution in [0.25, 0.3) is 0 Å². The normalized spacial score (nSPS) is 21.4. The third kappa shape index (κ3) is 2.26. The Hall–Kier alpha value is -0.710. The highest BCUT2D eigenvalue weighted by Gasteiger charge is 2.07. The number of thioether (sulfide) groups is 1. The lowest BCUT2D eigenvalue weighted by atomic mass is 10.3. The molecule has 1 saturated heterocycles. The Kier molecular flexibility index (Phi) is 2.56. The van der Waals surface area contributed by atoms with Gasteiger partial charge in [-0.1, -0.05) is 0 Å². The number of rotatable bonds is 1. The van der Waals surface area contributed by atoms with E-state index in [4.69, 9.17) is 5.73 Å². The summed E-state index contributed by atoms with van der Waals surface area (Å²) in [5.41, 5.74) is 8.02. The van der Waals surface area contributed by atoms with Crippen LogP contribution in [0.5, 0.6) is 0 Å². The van der Waals surface area contributed by atoms with Crippen LogP contribution in [-0.4, -0.2) is 23.2 Å². The number of hydrogen-bond donors (Lipinski definition) is 2. The topological polar surface area (TPSA) is 67.5 Å². The fourth-order valence-electron chi connectivity index (χ4n) is 0.674. The zero-order valence-electron chi connectivity index (χ0n) is 5.46. The van der Waals surface area contributed by atoms with Crippen LogP contribution < -0.4 is 11.2 Å². The molecule has 1 rings (SSSR count). The van der Waals surface area contributed by atoms with Crippen molar-refractivity contribution in [2.45, 2.75) is 6.42 Å². The predicted molar refractivity (Wildman–Crippen MR) is 42.1 cm³/mol. The number of hydrogen-bond acceptors (Lipinski definition) is 3. The number of nitrogens with zero attached hydrogens (tertiary/aromatic N) is 1. The maximum atomic E-state index is 10.2. The first kappa shape index (κ1) is 7.40. The van der Waals surface area contributed by atoms with Gasteiger partial charge >= 0.3 is 6.03 Å². The molecule has 3 N–H and O–H groups in total. The van der Waals surface area contributed by atoms with E-state index in [1.54, 1.807) is 0 Å². The van der Waals surface area contributed by atoms with E-state index in [-0.39, 0.29) is 0 Å². The Morgan fingerprint density at radius 3 is 3.10 bits per heavy atom. The molecule has 56 valence electrons. The maximum absolute atomic E-state index is 10.2. The van der Waals surface area contributed by atoms with Crippen molar-refractivity contribution in [3.05, 3.63) is 0 Å². The van der Waals surface area contributed by atoms with Crippen molar-refractivity contribution in [2.24, 2.45) is 10.8 Å². The van der Waals surface area contributed by atoms with Gasteiger partial charge in [-0.3, -0.25) is 0 Å². The summed E-state index contributed by atoms with van der Waals surface area (Å²) < 4.78 is 0. The van der Waals surface area contributed by atoms with Gasteiger partial charge in [0.2, 0.25) is 0 Å². The third-order valence-electron chi connectivity index (χ3n) is 1.13. The zero-order valence-corrected chi connectivity index (χ0v) is 6.28. The first-order chi connectivity index (χ1) is 4.79. The van der Waals surface area contributed by atoms with Gasteiger partial charge in [-0.2, -0.15) is 16.9 Å². The molecule has 1 heterocycles. The Balaban J connectivity index is 2.31. The molecule has 0 spiro atoms. The van der Waals surface area contributed by atoms with Crippen LogP contribution in [0.1, 0.15) is 6.42 Å². The average molecular weight is 159 g/mol. The molecular formula is C5H9N3OS. The smallest absolute Gasteiger partial charge is 0.332 e. The van der Waals surface area contributed by atoms with Crippen LogP contribution in [0.15, 0.2) is 5.10 Å². The van der Waals surface area contributed by atoms with E-state index in [0.29, 0.717) is 0 Å². The van der Waals surface area contributed by atoms with E-state index >= 15 is 0 Å². The minimum Gasteiger partial charge on any atom is -0.350 e. The molecule has 1 aliphatic heterocycles. The largest absolute Gasteiger partial charge is 0.350 e. The summed E-state index contributed by atoms with van der Waals surface area (Å²) in [4.78, 5) is 10.2. The lowest BCUT2D eigenvalue weighted by Gasteiger charge is -1.93. The van der Waals surface area contributed by atoms with Crippen LogP contribution in [-0.2, 0) is 0 Å². The number of urea groups is 1. The van der Waals surface area contributed by atoms with Gasteiger partial charge in [0.15, 0.2) is 0 Å². The predicted octanol–water partition coefficient (Wildman–Crippen LogP) is 0.148. The average Bonchev–Trinajstić information content (AvgIpc) is 2.34. The Morgan fingerprint density at radius 1 is 1.80 bits per heavy atom. The van der Waals surface area contributed by atoms with Gasteiger partial charge in [-0.05, 0) is 12.2 Å². The summed E-state index contributed by atoms with van der Waals surface area (Å²) >= 11 is 1.81. The molecule has 1 fully saturated rings. The molecule has 0 radical (unpaired) electrons. The van der Waals surface area contributed by atoms with Crippen molar-refractivity contribution in [2.75, 3.05) is 11.5 Å². The van der Waals surface area contributed by atoms with Crippen molar-refractivity contribution >= 4 is 23.5 Å². The van der Waals surface area contributed by atoms with Crippen LogP contribution >= 0.6 is 11.8 Å². The van der Waals surface area contributed by atoms with Crippen LogP contribution in [0, 0.1) is 0 Å². The van der Waals surface area contributed by atoms with Crippen molar-refractivity contribution in [1.29, 1.82) is 0 Å². The van der Waals surface area contributed by atoms with E-state index in [1.807, 2.05) is 11.8 Å². The Bertz CT molecular complexity index is 160. The first-order valence-corrected chi connectivity index (χ1v) is 4.13. The molecule has 0 atom stereocenters. The highest BCUT2D eigenvalue weighted by atomic mass is 32.2. The second-order valence-corrected chi connectivity index (χ2v) is 3.06. The van der Waals surface area contributed by atoms with E-state index in [2.05, 4.69) is 10.5 Å². The third-order valence-corrected chi connectivity index (χ3v) is 2.16. The summed E-state index contributed by atoms with van der Waals surface area (Å²) in [6, 6.07) is -0.593. The molecule has 5 heteroatoms. The van der Waals surface area contributed by atoms with Crippen LogP contribution in [0.3, 0.4) is 0 Å². The van der Waals surface area contributed by atoms with Crippen molar-refractivity contribution < 1.29 is 4.79 Å². The van der Waals surface area contributed by atoms with Crippen molar-refractivity contribution in [3.63, 3.8) is 0 Å². The van der Waals surface area contributed by atoms with Crippen LogP contribution in [0.2, 0.25) is 0 Å². The quantitative estimate of drug-likeness (QED) is 0.535. The van der Waals surface area contributed by atoms with E-state index in [0.717, 1.165) is 23.6 Å². The molecule has 0 aliphatic carbocycles. The number of primary amides is 1. The van der Waals surface area contributed by atoms with Crippen molar-refractivity contribution in [3.8, 4) is 0 Å². The lowest BCUT2D eigenvalue weighted by molar-refractivity contribution is 0.249. The van der Waals surface area contributed by atoms with E-state index < -0.39 is 6.03 Å². The second kappa shape index (κ2) is 3.46. The van der Waals surface area contributed by atoms with Gasteiger partial charge in [-0.15, -0.1) is 0 Å². The summed E-state index contributed by atoms with van der Waals surface area (Å²) in [6.07, 6.45) is 0.963. The highest BCUT2D eigenvalue weighted by Crippen LogP contribution is 2.13. The number of nitrogens with one attached hydrogen (secondary N) is 1. The van der Waals surface area contributed by atoms with Crippen LogP contribution in [0.4, 0.5) is 4.79 Å². The highest BCUT2D eigenvalue weighted by molar-refractivity contribution is 8.00. The Labute approximate surface area is 63.2 Å². The standard InChI is InChI=1S/C5H9N3OS/c6-5(9)8-7-4-1-2-10-3-4/h1-3H2,(H3,6,8,9). The number of carbonyl (C=O) groups excluding carboxylic acids is 1. The lowest BCUT2D eigenvalue weighted by Crippen LogP contribution is -2.25. The van der Waals surface area contributed by atoms with Gasteiger partial charge in [0.1, 0.15) is 0 Å². The fraction of sp³-hybridized carbons (Fsp3) is 0.600. The molecule has 4 nitrogen and oxygen atoms in total. The minimum atomic E-state index is -0.593. The van der Waals surface area contributed by atoms with Gasteiger partial charge < -0.3 is 5.73 Å². The molecule has 0 unspecified atom stereocenters. The monoisotopic (exact) mass is 159 g/mol. The molecule has 10 heavy (non-hydrogen) atoms. The minimum absolute atomic E-state index is 0.593. The Morgan fingerprint density at radius 2 is 2.60 bits per heavy atom. The van der Waals surface area contributed by atoms with Gasteiger partial charge in [-0.25, -0.2) is 10.2 Å². The molecule has 0 bridgehead atoms. The SMILES string of the molecule is NC(=O)NN=C1CCSC1. The van der Waals surface area contributed by atoms with Gasteiger partial charge in [0.25, 0.3) is 0 Å². The number of hydrazone groups is 1. The van der Waals surface area contributed by atoms with Gasteiger partial charge in [0.05, 0.1) is 0 Å². The summed E-state index contributed by atoms with van der Waals surface area (Å²) in [7, 11) is 0. The number of nitrogens with two attached hydrogens (primary N) is 1. The summed E-state index contributed by atoms with van der Waals surface area (Å²) in [6.45, 7) is 0. The maximum Gasteiger partial charge on any atom is 0.332 e. The number of amides is 2. The number of carbonyl (C=O) groups is 1. The molecule has 2 amide bonds. The van der Waals surface area contributed by atoms with E-state index in [1.165, 1.54) is 0 Å². The second-order valence-electron chi connectivity index (χ2n) is 1.96. The summed E-state index contributed by atoms with van der Waals surface area (Å²) in [5.74, 6) is 2.01. The molecule has 0 saturated carbocycles. The first-order valence-electron chi connectivity index (χ1n) is 2.97. The van der Waals surface area contributed by atoms with Crippen molar-refractivity contribution in [1.82, 2.24) is 5.43 Å². The molecule has 0 aromatic rings. The summed E-state index contributed by atoms with van der Waals surface area (Å²) in [5, 5.41) is 3.79. The molecule has 1 aliphatic rings. The fourth-order valence-corrected chi connectivity index (χ4v) is 1.64. The van der Waals surface area contributed by atoms with E-state index in [9.17, 15) is 4.79 Å². The van der Waals surface area contributed by atoms with Gasteiger partial charge in [0, 0.05) is 11.5 Å².